The van der Waals surface area contributed by atoms with E-state index in [0.29, 0.717) is 131 Å². The Morgan fingerprint density at radius 1 is 0.512 bits per heavy atom. The van der Waals surface area contributed by atoms with Crippen LogP contribution in [0.4, 0.5) is 5.69 Å². The largest absolute Gasteiger partial charge is 0.491 e. The Kier molecular flexibility index (Phi) is 26.7. The molecule has 14 heteroatoms. The van der Waals surface area contributed by atoms with Crippen LogP contribution in [0.2, 0.25) is 0 Å². The van der Waals surface area contributed by atoms with Crippen LogP contribution in [-0.2, 0) is 42.6 Å². The summed E-state index contributed by atoms with van der Waals surface area (Å²) in [5.74, 6) is 0.558. The molecule has 0 bridgehead atoms. The summed E-state index contributed by atoms with van der Waals surface area (Å²) in [4.78, 5) is 10.2. The molecule has 1 aromatic carbocycles. The van der Waals surface area contributed by atoms with Crippen molar-refractivity contribution in [1.29, 1.82) is 0 Å². The maximum atomic E-state index is 10.6. The Hall–Kier alpha value is -1.98. The van der Waals surface area contributed by atoms with Crippen LogP contribution in [0.15, 0.2) is 24.3 Å². The third-order valence-corrected chi connectivity index (χ3v) is 5.02. The van der Waals surface area contributed by atoms with E-state index < -0.39 is 4.92 Å². The normalized spacial score (nSPS) is 11.2. The molecule has 0 unspecified atom stereocenters. The van der Waals surface area contributed by atoms with Crippen molar-refractivity contribution in [3.8, 4) is 5.75 Å². The first kappa shape index (κ1) is 37.0. The molecule has 0 atom stereocenters. The van der Waals surface area contributed by atoms with Gasteiger partial charge in [0.2, 0.25) is 0 Å². The van der Waals surface area contributed by atoms with Crippen molar-refractivity contribution in [2.24, 2.45) is 0 Å². The fraction of sp³-hybridized carbons (Fsp3) is 0.778. The number of ether oxygens (including phenoxy) is 10. The predicted octanol–water partition coefficient (Wildman–Crippen LogP) is 1.34. The molecular formula is C27H48N2O12. The summed E-state index contributed by atoms with van der Waals surface area (Å²) in [6.45, 7) is 10.4. The van der Waals surface area contributed by atoms with Crippen LogP contribution in [0.25, 0.3) is 0 Å². The van der Waals surface area contributed by atoms with Gasteiger partial charge in [0.1, 0.15) is 12.4 Å². The number of nitrogens with one attached hydrogen (secondary N) is 1. The van der Waals surface area contributed by atoms with E-state index in [1.54, 1.807) is 12.1 Å². The summed E-state index contributed by atoms with van der Waals surface area (Å²) >= 11 is 0. The number of nitro groups is 1. The van der Waals surface area contributed by atoms with Crippen LogP contribution in [0.3, 0.4) is 0 Å². The van der Waals surface area contributed by atoms with Crippen LogP contribution >= 0.6 is 0 Å². The molecule has 14 nitrogen and oxygen atoms in total. The lowest BCUT2D eigenvalue weighted by Crippen LogP contribution is -2.17. The molecule has 0 radical (unpaired) electrons. The zero-order chi connectivity index (χ0) is 29.5. The molecule has 1 rings (SSSR count). The van der Waals surface area contributed by atoms with Gasteiger partial charge in [-0.25, -0.2) is 0 Å². The molecule has 1 aromatic rings. The van der Waals surface area contributed by atoms with E-state index in [-0.39, 0.29) is 5.69 Å². The molecule has 238 valence electrons. The molecule has 0 fully saturated rings. The minimum atomic E-state index is -0.451. The Morgan fingerprint density at radius 3 is 1.10 bits per heavy atom. The third kappa shape index (κ3) is 25.5. The minimum absolute atomic E-state index is 0.0276. The lowest BCUT2D eigenvalue weighted by atomic mass is 10.3. The maximum absolute atomic E-state index is 10.6. The Balaban J connectivity index is 1.67. The number of nitro benzene ring substituents is 1. The molecule has 0 spiro atoms. The van der Waals surface area contributed by atoms with Gasteiger partial charge in [-0.3, -0.25) is 10.1 Å². The third-order valence-electron chi connectivity index (χ3n) is 5.02. The molecule has 0 amide bonds. The van der Waals surface area contributed by atoms with Gasteiger partial charge in [-0.1, -0.05) is 0 Å². The van der Waals surface area contributed by atoms with Crippen molar-refractivity contribution < 1.29 is 52.3 Å². The molecule has 0 aliphatic heterocycles. The summed E-state index contributed by atoms with van der Waals surface area (Å²) in [5, 5.41) is 13.6. The summed E-state index contributed by atoms with van der Waals surface area (Å²) in [5.41, 5.74) is 0.0276. The molecular weight excluding hydrogens is 544 g/mol. The van der Waals surface area contributed by atoms with Crippen LogP contribution in [0.1, 0.15) is 0 Å². The second-order valence-corrected chi connectivity index (χ2v) is 8.21. The average molecular weight is 593 g/mol. The van der Waals surface area contributed by atoms with E-state index in [2.05, 4.69) is 5.32 Å². The van der Waals surface area contributed by atoms with Crippen molar-refractivity contribution in [2.45, 2.75) is 0 Å². The molecule has 0 aliphatic rings. The fourth-order valence-electron chi connectivity index (χ4n) is 2.92. The van der Waals surface area contributed by atoms with Crippen LogP contribution in [0, 0.1) is 10.1 Å². The van der Waals surface area contributed by atoms with Gasteiger partial charge in [-0.2, -0.15) is 0 Å². The predicted molar refractivity (Wildman–Crippen MR) is 150 cm³/mol. The van der Waals surface area contributed by atoms with Crippen LogP contribution in [0.5, 0.6) is 5.75 Å². The van der Waals surface area contributed by atoms with Crippen molar-refractivity contribution in [3.63, 3.8) is 0 Å². The molecule has 0 aromatic heterocycles. The number of hydrogen-bond acceptors (Lipinski definition) is 13. The van der Waals surface area contributed by atoms with E-state index >= 15 is 0 Å². The Morgan fingerprint density at radius 2 is 0.805 bits per heavy atom. The van der Waals surface area contributed by atoms with E-state index in [0.717, 1.165) is 6.54 Å². The van der Waals surface area contributed by atoms with E-state index in [1.165, 1.54) is 12.1 Å². The topological polar surface area (TPSA) is 147 Å². The Labute approximate surface area is 242 Å². The summed E-state index contributed by atoms with van der Waals surface area (Å²) < 4.78 is 54.3. The van der Waals surface area contributed by atoms with Crippen molar-refractivity contribution >= 4 is 5.69 Å². The van der Waals surface area contributed by atoms with E-state index in [4.69, 9.17) is 47.4 Å². The highest BCUT2D eigenvalue weighted by Crippen LogP contribution is 2.17. The van der Waals surface area contributed by atoms with Gasteiger partial charge in [0.15, 0.2) is 0 Å². The number of rotatable bonds is 32. The number of nitrogens with zero attached hydrogens (tertiary/aromatic N) is 1. The van der Waals surface area contributed by atoms with Gasteiger partial charge < -0.3 is 52.7 Å². The first-order valence-corrected chi connectivity index (χ1v) is 14.0. The second-order valence-electron chi connectivity index (χ2n) is 8.21. The van der Waals surface area contributed by atoms with Gasteiger partial charge >= 0.3 is 0 Å². The number of non-ortho nitro benzene ring substituents is 1. The smallest absolute Gasteiger partial charge is 0.269 e. The zero-order valence-electron chi connectivity index (χ0n) is 24.3. The van der Waals surface area contributed by atoms with Crippen molar-refractivity contribution in [3.05, 3.63) is 34.4 Å². The Bertz CT molecular complexity index is 699. The molecule has 0 aliphatic carbocycles. The summed E-state index contributed by atoms with van der Waals surface area (Å²) in [7, 11) is 1.89. The number of benzene rings is 1. The second kappa shape index (κ2) is 29.5. The van der Waals surface area contributed by atoms with E-state index in [1.807, 2.05) is 7.05 Å². The molecule has 0 saturated heterocycles. The SMILES string of the molecule is CNCCOCCOCCOCCOCCOCCOCCOCCOCCOCCOc1ccc([N+](=O)[O-])cc1. The van der Waals surface area contributed by atoms with Gasteiger partial charge in [-0.15, -0.1) is 0 Å². The van der Waals surface area contributed by atoms with E-state index in [9.17, 15) is 10.1 Å². The highest BCUT2D eigenvalue weighted by atomic mass is 16.6. The highest BCUT2D eigenvalue weighted by Gasteiger charge is 2.04. The molecule has 41 heavy (non-hydrogen) atoms. The lowest BCUT2D eigenvalue weighted by Gasteiger charge is -2.09. The fourth-order valence-corrected chi connectivity index (χ4v) is 2.92. The zero-order valence-corrected chi connectivity index (χ0v) is 24.3. The van der Waals surface area contributed by atoms with Gasteiger partial charge in [0, 0.05) is 18.7 Å². The van der Waals surface area contributed by atoms with Gasteiger partial charge in [0.05, 0.1) is 124 Å². The molecule has 1 N–H and O–H groups in total. The maximum Gasteiger partial charge on any atom is 0.269 e. The molecule has 0 saturated carbocycles. The quantitative estimate of drug-likeness (QED) is 0.0730. The standard InChI is InChI=1S/C27H48N2O12/c1-28-6-7-32-8-9-33-10-11-34-12-13-35-14-15-36-16-17-37-18-19-38-20-21-39-22-23-40-24-25-41-27-4-2-26(3-5-27)29(30)31/h2-5,28H,6-25H2,1H3. The van der Waals surface area contributed by atoms with Gasteiger partial charge in [0.25, 0.3) is 5.69 Å². The highest BCUT2D eigenvalue weighted by molar-refractivity contribution is 5.35. The van der Waals surface area contributed by atoms with Crippen LogP contribution in [-0.4, -0.2) is 144 Å². The minimum Gasteiger partial charge on any atom is -0.491 e. The average Bonchev–Trinajstić information content (AvgIpc) is 2.98. The van der Waals surface area contributed by atoms with Crippen molar-refractivity contribution in [2.75, 3.05) is 139 Å². The van der Waals surface area contributed by atoms with Crippen LogP contribution < -0.4 is 10.1 Å². The first-order valence-electron chi connectivity index (χ1n) is 14.0. The summed E-state index contributed by atoms with van der Waals surface area (Å²) in [6.07, 6.45) is 0. The van der Waals surface area contributed by atoms with Gasteiger partial charge in [-0.05, 0) is 19.2 Å². The number of hydrogen-bond donors (Lipinski definition) is 1. The van der Waals surface area contributed by atoms with Crippen molar-refractivity contribution in [1.82, 2.24) is 5.32 Å². The first-order chi connectivity index (χ1) is 20.2. The lowest BCUT2D eigenvalue weighted by molar-refractivity contribution is -0.384. The molecule has 0 heterocycles. The number of likely N-dealkylation sites (N-methyl/N-ethyl adjacent to an activating group) is 1. The summed E-state index contributed by atoms with van der Waals surface area (Å²) in [6, 6.07) is 5.91. The monoisotopic (exact) mass is 592 g/mol.